The molecule has 0 saturated carbocycles. The van der Waals surface area contributed by atoms with Crippen LogP contribution in [0.2, 0.25) is 5.02 Å². The first-order chi connectivity index (χ1) is 12.3. The number of likely N-dealkylation sites (N-methyl/N-ethyl adjacent to an activating group) is 2. The van der Waals surface area contributed by atoms with Crippen LogP contribution < -0.4 is 0 Å². The molecule has 2 heterocycles. The Balaban J connectivity index is 1.81. The summed E-state index contributed by atoms with van der Waals surface area (Å²) in [5.74, 6) is 0.494. The number of fused-ring (bicyclic) bond motifs is 1. The maximum absolute atomic E-state index is 13.0. The fourth-order valence-electron chi connectivity index (χ4n) is 2.99. The van der Waals surface area contributed by atoms with E-state index >= 15 is 0 Å². The van der Waals surface area contributed by atoms with Crippen molar-refractivity contribution in [1.29, 1.82) is 0 Å². The standard InChI is InChI=1S/C18H21ClN4O2S/c1-11(2)10-26-17-20-15-14(21(17)3)16(24)23(18(25)22(15)4)9-12-5-7-13(19)8-6-12/h5-8,14-15H,1,9-10H2,2-4H3. The highest BCUT2D eigenvalue weighted by molar-refractivity contribution is 8.13. The van der Waals surface area contributed by atoms with E-state index in [0.29, 0.717) is 5.02 Å². The molecule has 8 heteroatoms. The number of nitrogens with zero attached hydrogens (tertiary/aromatic N) is 4. The van der Waals surface area contributed by atoms with Gasteiger partial charge < -0.3 is 9.80 Å². The van der Waals surface area contributed by atoms with Gasteiger partial charge in [0.1, 0.15) is 0 Å². The highest BCUT2D eigenvalue weighted by atomic mass is 35.5. The third kappa shape index (κ3) is 3.46. The average Bonchev–Trinajstić information content (AvgIpc) is 2.93. The van der Waals surface area contributed by atoms with Crippen LogP contribution in [-0.4, -0.2) is 63.9 Å². The second-order valence-corrected chi connectivity index (χ2v) is 7.95. The lowest BCUT2D eigenvalue weighted by molar-refractivity contribution is -0.137. The lowest BCUT2D eigenvalue weighted by Crippen LogP contribution is -2.64. The molecule has 1 saturated heterocycles. The number of hydrogen-bond acceptors (Lipinski definition) is 5. The van der Waals surface area contributed by atoms with E-state index in [1.54, 1.807) is 19.2 Å². The van der Waals surface area contributed by atoms with E-state index in [1.165, 1.54) is 21.6 Å². The molecule has 6 nitrogen and oxygen atoms in total. The number of hydrogen-bond donors (Lipinski definition) is 0. The summed E-state index contributed by atoms with van der Waals surface area (Å²) in [7, 11) is 3.53. The minimum absolute atomic E-state index is 0.213. The van der Waals surface area contributed by atoms with Crippen LogP contribution in [0.3, 0.4) is 0 Å². The van der Waals surface area contributed by atoms with E-state index in [2.05, 4.69) is 11.6 Å². The Hall–Kier alpha value is -1.99. The van der Waals surface area contributed by atoms with Crippen molar-refractivity contribution in [2.45, 2.75) is 25.7 Å². The van der Waals surface area contributed by atoms with Gasteiger partial charge in [0.15, 0.2) is 17.4 Å². The highest BCUT2D eigenvalue weighted by Crippen LogP contribution is 2.31. The van der Waals surface area contributed by atoms with E-state index in [9.17, 15) is 9.59 Å². The van der Waals surface area contributed by atoms with Gasteiger partial charge in [0.2, 0.25) is 0 Å². The van der Waals surface area contributed by atoms with Gasteiger partial charge in [-0.25, -0.2) is 9.79 Å². The first-order valence-electron chi connectivity index (χ1n) is 8.20. The molecule has 0 radical (unpaired) electrons. The first kappa shape index (κ1) is 18.8. The summed E-state index contributed by atoms with van der Waals surface area (Å²) in [6.45, 7) is 6.06. The van der Waals surface area contributed by atoms with Crippen LogP contribution in [0.15, 0.2) is 41.4 Å². The molecule has 26 heavy (non-hydrogen) atoms. The Labute approximate surface area is 162 Å². The number of carbonyl (C=O) groups is 2. The number of urea groups is 1. The topological polar surface area (TPSA) is 56.2 Å². The molecule has 2 atom stereocenters. The molecule has 0 aromatic heterocycles. The second kappa shape index (κ2) is 7.32. The fraction of sp³-hybridized carbons (Fsp3) is 0.389. The molecule has 0 bridgehead atoms. The van der Waals surface area contributed by atoms with Crippen molar-refractivity contribution in [3.8, 4) is 0 Å². The maximum Gasteiger partial charge on any atom is 0.328 e. The predicted molar refractivity (Wildman–Crippen MR) is 105 cm³/mol. The largest absolute Gasteiger partial charge is 0.339 e. The van der Waals surface area contributed by atoms with Crippen molar-refractivity contribution in [3.63, 3.8) is 0 Å². The monoisotopic (exact) mass is 392 g/mol. The van der Waals surface area contributed by atoms with Crippen LogP contribution in [0, 0.1) is 0 Å². The number of rotatable bonds is 4. The maximum atomic E-state index is 13.0. The summed E-state index contributed by atoms with van der Waals surface area (Å²) < 4.78 is 0. The molecule has 2 aliphatic heterocycles. The summed E-state index contributed by atoms with van der Waals surface area (Å²) in [5, 5.41) is 1.37. The molecule has 1 aromatic rings. The van der Waals surface area contributed by atoms with Crippen molar-refractivity contribution >= 4 is 40.5 Å². The minimum atomic E-state index is -0.502. The molecule has 2 unspecified atom stereocenters. The number of amidine groups is 1. The molecular formula is C18H21ClN4O2S. The van der Waals surface area contributed by atoms with Gasteiger partial charge >= 0.3 is 6.03 Å². The fourth-order valence-corrected chi connectivity index (χ4v) is 3.99. The van der Waals surface area contributed by atoms with Crippen molar-refractivity contribution < 1.29 is 9.59 Å². The van der Waals surface area contributed by atoms with Crippen LogP contribution in [0.5, 0.6) is 0 Å². The van der Waals surface area contributed by atoms with Crippen LogP contribution in [0.4, 0.5) is 4.79 Å². The molecule has 0 aliphatic carbocycles. The number of amides is 3. The smallest absolute Gasteiger partial charge is 0.328 e. The average molecular weight is 393 g/mol. The second-order valence-electron chi connectivity index (χ2n) is 6.57. The molecule has 0 N–H and O–H groups in total. The van der Waals surface area contributed by atoms with Gasteiger partial charge in [-0.3, -0.25) is 9.69 Å². The summed E-state index contributed by atoms with van der Waals surface area (Å²) in [6, 6.07) is 6.29. The summed E-state index contributed by atoms with van der Waals surface area (Å²) in [6.07, 6.45) is -0.492. The zero-order valence-electron chi connectivity index (χ0n) is 15.0. The van der Waals surface area contributed by atoms with E-state index < -0.39 is 12.2 Å². The van der Waals surface area contributed by atoms with E-state index in [0.717, 1.165) is 22.1 Å². The van der Waals surface area contributed by atoms with Crippen molar-refractivity contribution in [3.05, 3.63) is 47.0 Å². The Morgan fingerprint density at radius 1 is 1.23 bits per heavy atom. The number of carbonyl (C=O) groups excluding carboxylic acids is 2. The zero-order valence-corrected chi connectivity index (χ0v) is 16.5. The Bertz CT molecular complexity index is 780. The molecule has 138 valence electrons. The molecule has 0 spiro atoms. The third-order valence-electron chi connectivity index (χ3n) is 4.39. The number of thioether (sulfide) groups is 1. The van der Waals surface area contributed by atoms with Crippen LogP contribution in [0.25, 0.3) is 0 Å². The van der Waals surface area contributed by atoms with Gasteiger partial charge in [0.05, 0.1) is 6.54 Å². The molecule has 1 fully saturated rings. The normalized spacial score (nSPS) is 22.6. The quantitative estimate of drug-likeness (QED) is 0.739. The van der Waals surface area contributed by atoms with Crippen molar-refractivity contribution in [2.75, 3.05) is 19.8 Å². The number of benzene rings is 1. The first-order valence-corrected chi connectivity index (χ1v) is 9.56. The Morgan fingerprint density at radius 3 is 2.50 bits per heavy atom. The minimum Gasteiger partial charge on any atom is -0.339 e. The lowest BCUT2D eigenvalue weighted by Gasteiger charge is -2.40. The van der Waals surface area contributed by atoms with Gasteiger partial charge in [0, 0.05) is 24.9 Å². The van der Waals surface area contributed by atoms with E-state index in [4.69, 9.17) is 11.6 Å². The van der Waals surface area contributed by atoms with Crippen LogP contribution in [-0.2, 0) is 11.3 Å². The number of aliphatic imine (C=N–C) groups is 1. The van der Waals surface area contributed by atoms with Gasteiger partial charge in [-0.1, -0.05) is 47.6 Å². The van der Waals surface area contributed by atoms with Crippen molar-refractivity contribution in [2.24, 2.45) is 4.99 Å². The van der Waals surface area contributed by atoms with E-state index in [1.807, 2.05) is 31.0 Å². The SMILES string of the molecule is C=C(C)CSC1=NC2C(C(=O)N(Cc3ccc(Cl)cc3)C(=O)N2C)N1C. The predicted octanol–water partition coefficient (Wildman–Crippen LogP) is 3.04. The van der Waals surface area contributed by atoms with Gasteiger partial charge in [-0.2, -0.15) is 0 Å². The van der Waals surface area contributed by atoms with Gasteiger partial charge in [0.25, 0.3) is 5.91 Å². The van der Waals surface area contributed by atoms with Gasteiger partial charge in [-0.15, -0.1) is 0 Å². The molecule has 3 rings (SSSR count). The van der Waals surface area contributed by atoms with Gasteiger partial charge in [-0.05, 0) is 24.6 Å². The number of imide groups is 1. The lowest BCUT2D eigenvalue weighted by atomic mass is 10.1. The van der Waals surface area contributed by atoms with Crippen LogP contribution >= 0.6 is 23.4 Å². The zero-order chi connectivity index (χ0) is 19.0. The molecule has 3 amide bonds. The Kier molecular flexibility index (Phi) is 5.29. The molecule has 2 aliphatic rings. The van der Waals surface area contributed by atoms with E-state index in [-0.39, 0.29) is 18.5 Å². The summed E-state index contributed by atoms with van der Waals surface area (Å²) in [5.41, 5.74) is 1.88. The number of halogens is 1. The third-order valence-corrected chi connectivity index (χ3v) is 5.93. The molecular weight excluding hydrogens is 372 g/mol. The van der Waals surface area contributed by atoms with Crippen LogP contribution in [0.1, 0.15) is 12.5 Å². The Morgan fingerprint density at radius 2 is 1.88 bits per heavy atom. The highest BCUT2D eigenvalue weighted by Gasteiger charge is 2.50. The summed E-state index contributed by atoms with van der Waals surface area (Å²) in [4.78, 5) is 35.0. The van der Waals surface area contributed by atoms with Crippen molar-refractivity contribution in [1.82, 2.24) is 14.7 Å². The molecule has 1 aromatic carbocycles. The summed E-state index contributed by atoms with van der Waals surface area (Å²) >= 11 is 7.44.